The predicted molar refractivity (Wildman–Crippen MR) is 294 cm³/mol. The van der Waals surface area contributed by atoms with Gasteiger partial charge in [-0.05, 0) is 131 Å². The third-order valence-electron chi connectivity index (χ3n) is 17.0. The molecule has 12 aromatic rings. The molecule has 1 saturated carbocycles. The summed E-state index contributed by atoms with van der Waals surface area (Å²) in [6.45, 7) is 0. The van der Waals surface area contributed by atoms with Crippen LogP contribution in [0.2, 0.25) is 0 Å². The number of benzene rings is 12. The molecular formula is C70H49N. The summed E-state index contributed by atoms with van der Waals surface area (Å²) in [4.78, 5) is 2.53. The molecule has 71 heavy (non-hydrogen) atoms. The Hall–Kier alpha value is -8.52. The molecule has 2 unspecified atom stereocenters. The van der Waals surface area contributed by atoms with Gasteiger partial charge in [0.2, 0.25) is 0 Å². The second-order valence-electron chi connectivity index (χ2n) is 20.3. The van der Waals surface area contributed by atoms with Crippen molar-refractivity contribution in [3.05, 3.63) is 328 Å². The summed E-state index contributed by atoms with van der Waals surface area (Å²) in [6, 6.07) is 102. The second kappa shape index (κ2) is 15.2. The summed E-state index contributed by atoms with van der Waals surface area (Å²) in [5.74, 6) is 0.328. The van der Waals surface area contributed by atoms with Gasteiger partial charge in [0.25, 0.3) is 0 Å². The monoisotopic (exact) mass is 903 g/mol. The third-order valence-corrected chi connectivity index (χ3v) is 17.0. The zero-order valence-corrected chi connectivity index (χ0v) is 39.3. The lowest BCUT2D eigenvalue weighted by atomic mass is 9.59. The first-order chi connectivity index (χ1) is 35.2. The molecule has 0 saturated heterocycles. The molecule has 2 atom stereocenters. The molecule has 0 spiro atoms. The van der Waals surface area contributed by atoms with E-state index >= 15 is 0 Å². The normalized spacial score (nSPS) is 18.1. The van der Waals surface area contributed by atoms with Crippen LogP contribution < -0.4 is 4.90 Å². The van der Waals surface area contributed by atoms with Crippen LogP contribution in [0.1, 0.15) is 73.5 Å². The number of hydrogen-bond acceptors (Lipinski definition) is 1. The molecule has 1 fully saturated rings. The Balaban J connectivity index is 1.15. The van der Waals surface area contributed by atoms with Crippen LogP contribution in [0.15, 0.2) is 267 Å². The lowest BCUT2D eigenvalue weighted by Crippen LogP contribution is -2.38. The van der Waals surface area contributed by atoms with Gasteiger partial charge in [-0.25, -0.2) is 0 Å². The standard InChI is InChI=1S/C70H49N/c1-7-24-50(25-8-1)68-45-49-23-19-20-36-59(49)69(51-26-9-2-10-27-51,52-28-11-3-12-29-52)66-56-41-42-57-65-48(40-39-47(64(56)65)43-58(66)61(68)46-68)44-63-67(57)70(53-30-13-4-14-31-53,54-32-15-5-16-33-54)60-37-21-22-38-62(60)71(63)55-34-17-6-18-35-55/h1-44,61H,45-46H2. The predicted octanol–water partition coefficient (Wildman–Crippen LogP) is 17.1. The van der Waals surface area contributed by atoms with Crippen LogP contribution in [0.5, 0.6) is 0 Å². The van der Waals surface area contributed by atoms with Crippen molar-refractivity contribution in [2.75, 3.05) is 4.90 Å². The molecule has 12 aromatic carbocycles. The molecule has 1 aliphatic heterocycles. The van der Waals surface area contributed by atoms with E-state index in [2.05, 4.69) is 272 Å². The molecule has 0 bridgehead atoms. The van der Waals surface area contributed by atoms with E-state index in [0.29, 0.717) is 5.92 Å². The fourth-order valence-corrected chi connectivity index (χ4v) is 14.2. The summed E-state index contributed by atoms with van der Waals surface area (Å²) >= 11 is 0. The van der Waals surface area contributed by atoms with Crippen LogP contribution in [-0.2, 0) is 22.7 Å². The highest BCUT2D eigenvalue weighted by Gasteiger charge is 2.60. The largest absolute Gasteiger partial charge is 0.310 e. The smallest absolute Gasteiger partial charge is 0.0748 e. The minimum atomic E-state index is -0.656. The van der Waals surface area contributed by atoms with Gasteiger partial charge >= 0.3 is 0 Å². The molecule has 0 amide bonds. The van der Waals surface area contributed by atoms with E-state index in [1.165, 1.54) is 105 Å². The topological polar surface area (TPSA) is 3.24 Å². The zero-order chi connectivity index (χ0) is 46.7. The van der Waals surface area contributed by atoms with E-state index < -0.39 is 10.8 Å². The van der Waals surface area contributed by atoms with Gasteiger partial charge in [-0.15, -0.1) is 0 Å². The number of hydrogen-bond donors (Lipinski definition) is 0. The van der Waals surface area contributed by atoms with Gasteiger partial charge in [0, 0.05) is 16.7 Å². The van der Waals surface area contributed by atoms with Gasteiger partial charge in [0.15, 0.2) is 0 Å². The SMILES string of the molecule is c1ccc(N2c3ccccc3C(c3ccccc3)(c3ccccc3)c3c2cc2ccc4cc5c(c6ccc3c2c46)C(c2ccccc2)(c2ccccc2)c2ccccc2CC2(c3ccccc3)CC52)cc1. The quantitative estimate of drug-likeness (QED) is 0.150. The van der Waals surface area contributed by atoms with Crippen LogP contribution in [0, 0.1) is 0 Å². The highest BCUT2D eigenvalue weighted by Crippen LogP contribution is 2.68. The fraction of sp³-hybridized carbons (Fsp3) is 0.0857. The van der Waals surface area contributed by atoms with Crippen LogP contribution >= 0.6 is 0 Å². The van der Waals surface area contributed by atoms with Crippen LogP contribution in [0.4, 0.5) is 17.1 Å². The Morgan fingerprint density at radius 2 is 0.789 bits per heavy atom. The van der Waals surface area contributed by atoms with Crippen molar-refractivity contribution in [2.24, 2.45) is 0 Å². The number of nitrogens with zero attached hydrogens (tertiary/aromatic N) is 1. The van der Waals surface area contributed by atoms with Gasteiger partial charge in [0.05, 0.1) is 22.2 Å². The summed E-state index contributed by atoms with van der Waals surface area (Å²) in [6.07, 6.45) is 2.08. The summed E-state index contributed by atoms with van der Waals surface area (Å²) < 4.78 is 0. The van der Waals surface area contributed by atoms with Gasteiger partial charge in [-0.3, -0.25) is 0 Å². The van der Waals surface area contributed by atoms with Crippen molar-refractivity contribution < 1.29 is 0 Å². The van der Waals surface area contributed by atoms with Crippen molar-refractivity contribution in [1.82, 2.24) is 0 Å². The molecule has 0 radical (unpaired) electrons. The van der Waals surface area contributed by atoms with Gasteiger partial charge in [-0.1, -0.05) is 243 Å². The lowest BCUT2D eigenvalue weighted by Gasteiger charge is -2.47. The number of para-hydroxylation sites is 2. The maximum absolute atomic E-state index is 2.65. The summed E-state index contributed by atoms with van der Waals surface area (Å²) in [7, 11) is 0. The lowest BCUT2D eigenvalue weighted by molar-refractivity contribution is 0.618. The van der Waals surface area contributed by atoms with E-state index in [1.54, 1.807) is 0 Å². The number of rotatable bonds is 6. The van der Waals surface area contributed by atoms with Crippen molar-refractivity contribution in [1.29, 1.82) is 0 Å². The number of fused-ring (bicyclic) bond motifs is 8. The molecular weight excluding hydrogens is 855 g/mol. The van der Waals surface area contributed by atoms with E-state index in [4.69, 9.17) is 0 Å². The maximum atomic E-state index is 2.65. The van der Waals surface area contributed by atoms with Crippen molar-refractivity contribution in [3.8, 4) is 0 Å². The van der Waals surface area contributed by atoms with Crippen molar-refractivity contribution >= 4 is 49.4 Å². The zero-order valence-electron chi connectivity index (χ0n) is 39.3. The fourth-order valence-electron chi connectivity index (χ4n) is 14.2. The van der Waals surface area contributed by atoms with Gasteiger partial charge < -0.3 is 4.90 Å². The summed E-state index contributed by atoms with van der Waals surface area (Å²) in [5.41, 5.74) is 17.0. The molecule has 3 aliphatic rings. The van der Waals surface area contributed by atoms with E-state index in [-0.39, 0.29) is 5.41 Å². The van der Waals surface area contributed by atoms with E-state index in [0.717, 1.165) is 18.5 Å². The van der Waals surface area contributed by atoms with E-state index in [1.807, 2.05) is 0 Å². The average Bonchev–Trinajstić information content (AvgIpc) is 4.17. The van der Waals surface area contributed by atoms with E-state index in [9.17, 15) is 0 Å². The molecule has 0 N–H and O–H groups in total. The molecule has 1 heteroatoms. The van der Waals surface area contributed by atoms with Crippen molar-refractivity contribution in [3.63, 3.8) is 0 Å². The van der Waals surface area contributed by atoms with Crippen molar-refractivity contribution in [2.45, 2.75) is 35.0 Å². The highest BCUT2D eigenvalue weighted by atomic mass is 15.2. The minimum absolute atomic E-state index is 0.0230. The highest BCUT2D eigenvalue weighted by molar-refractivity contribution is 6.27. The van der Waals surface area contributed by atoms with Crippen LogP contribution in [0.25, 0.3) is 32.3 Å². The Morgan fingerprint density at radius 1 is 0.352 bits per heavy atom. The third kappa shape index (κ3) is 5.47. The molecule has 1 nitrogen and oxygen atoms in total. The van der Waals surface area contributed by atoms with Gasteiger partial charge in [0.1, 0.15) is 0 Å². The molecule has 15 rings (SSSR count). The molecule has 1 heterocycles. The second-order valence-corrected chi connectivity index (χ2v) is 20.3. The minimum Gasteiger partial charge on any atom is -0.310 e. The first kappa shape index (κ1) is 40.4. The summed E-state index contributed by atoms with van der Waals surface area (Å²) in [5, 5.41) is 7.81. The molecule has 2 aliphatic carbocycles. The van der Waals surface area contributed by atoms with Crippen LogP contribution in [0.3, 0.4) is 0 Å². The molecule has 334 valence electrons. The van der Waals surface area contributed by atoms with Gasteiger partial charge in [-0.2, -0.15) is 0 Å². The maximum Gasteiger partial charge on any atom is 0.0748 e. The average molecular weight is 904 g/mol. The Bertz CT molecular complexity index is 3900. The number of anilines is 3. The Labute approximate surface area is 415 Å². The first-order valence-corrected chi connectivity index (χ1v) is 25.3. The Morgan fingerprint density at radius 3 is 1.35 bits per heavy atom. The Kier molecular flexibility index (Phi) is 8.67. The van der Waals surface area contributed by atoms with Crippen LogP contribution in [-0.4, -0.2) is 0 Å². The first-order valence-electron chi connectivity index (χ1n) is 25.3. The molecule has 0 aromatic heterocycles.